The summed E-state index contributed by atoms with van der Waals surface area (Å²) in [4.78, 5) is 2.51. The molecule has 2 N–H and O–H groups in total. The van der Waals surface area contributed by atoms with Gasteiger partial charge in [-0.15, -0.1) is 6.58 Å². The highest BCUT2D eigenvalue weighted by molar-refractivity contribution is 4.98. The Morgan fingerprint density at radius 1 is 1.50 bits per heavy atom. The molecule has 0 rings (SSSR count). The molecule has 0 saturated carbocycles. The van der Waals surface area contributed by atoms with E-state index in [4.69, 9.17) is 15.7 Å². The predicted molar refractivity (Wildman–Crippen MR) is 45.4 cm³/mol. The zero-order valence-electron chi connectivity index (χ0n) is 6.54. The minimum absolute atomic E-state index is 0.164. The Labute approximate surface area is 70.3 Å². The quantitative estimate of drug-likeness (QED) is 0.275. The lowest BCUT2D eigenvalue weighted by molar-refractivity contribution is 0.0810. The summed E-state index contributed by atoms with van der Waals surface area (Å²) in [6.45, 7) is 3.46. The van der Waals surface area contributed by atoms with Crippen LogP contribution in [0.1, 0.15) is 0 Å². The lowest BCUT2D eigenvalue weighted by Gasteiger charge is -2.08. The molecular formula is C7H11N3O2. The highest BCUT2D eigenvalue weighted by Crippen LogP contribution is 1.95. The van der Waals surface area contributed by atoms with E-state index in [1.165, 1.54) is 18.2 Å². The summed E-state index contributed by atoms with van der Waals surface area (Å²) in [6.07, 6.45) is 2.07. The Morgan fingerprint density at radius 3 is 2.67 bits per heavy atom. The smallest absolute Gasteiger partial charge is 0.102 e. The van der Waals surface area contributed by atoms with Gasteiger partial charge < -0.3 is 10.2 Å². The van der Waals surface area contributed by atoms with E-state index in [9.17, 15) is 0 Å². The average molecular weight is 169 g/mol. The number of rotatable bonds is 5. The number of hydrogen-bond acceptors (Lipinski definition) is 3. The number of hydrogen-bond donors (Lipinski definition) is 2. The standard InChI is InChI=1S/C7H11N3O2/c1-2-6(11)7(12)4-3-5-9-10-8/h2-4,6-7,11-12H,1,5H2/b4-3+/t6-,7-/m1/s1. The van der Waals surface area contributed by atoms with Crippen LogP contribution in [0, 0.1) is 0 Å². The molecule has 0 bridgehead atoms. The van der Waals surface area contributed by atoms with Crippen LogP contribution in [0.4, 0.5) is 0 Å². The molecule has 0 fully saturated rings. The lowest BCUT2D eigenvalue weighted by Crippen LogP contribution is -2.20. The van der Waals surface area contributed by atoms with Crippen molar-refractivity contribution in [1.29, 1.82) is 0 Å². The summed E-state index contributed by atoms with van der Waals surface area (Å²) in [7, 11) is 0. The Bertz CT molecular complexity index is 209. The van der Waals surface area contributed by atoms with E-state index in [1.807, 2.05) is 0 Å². The predicted octanol–water partition coefficient (Wildman–Crippen LogP) is 0.761. The minimum atomic E-state index is -0.989. The van der Waals surface area contributed by atoms with E-state index in [-0.39, 0.29) is 6.54 Å². The number of azide groups is 1. The molecule has 5 nitrogen and oxygen atoms in total. The number of aliphatic hydroxyl groups excluding tert-OH is 2. The van der Waals surface area contributed by atoms with Crippen LogP contribution < -0.4 is 0 Å². The van der Waals surface area contributed by atoms with Crippen molar-refractivity contribution in [1.82, 2.24) is 0 Å². The molecular weight excluding hydrogens is 158 g/mol. The second-order valence-electron chi connectivity index (χ2n) is 2.06. The van der Waals surface area contributed by atoms with E-state index in [0.29, 0.717) is 0 Å². The summed E-state index contributed by atoms with van der Waals surface area (Å²) in [6, 6.07) is 0. The van der Waals surface area contributed by atoms with Crippen LogP contribution in [-0.2, 0) is 0 Å². The third-order valence-corrected chi connectivity index (χ3v) is 1.17. The molecule has 0 unspecified atom stereocenters. The third kappa shape index (κ3) is 4.51. The van der Waals surface area contributed by atoms with Gasteiger partial charge in [0.1, 0.15) is 12.2 Å². The molecule has 0 heterocycles. The van der Waals surface area contributed by atoms with Gasteiger partial charge in [0.15, 0.2) is 0 Å². The molecule has 0 aromatic heterocycles. The van der Waals surface area contributed by atoms with E-state index in [2.05, 4.69) is 16.6 Å². The van der Waals surface area contributed by atoms with Gasteiger partial charge in [-0.1, -0.05) is 23.3 Å². The van der Waals surface area contributed by atoms with Gasteiger partial charge in [-0.3, -0.25) is 0 Å². The zero-order chi connectivity index (χ0) is 9.40. The molecule has 0 aromatic carbocycles. The van der Waals surface area contributed by atoms with Crippen LogP contribution in [0.2, 0.25) is 0 Å². The molecule has 0 aliphatic carbocycles. The van der Waals surface area contributed by atoms with Crippen molar-refractivity contribution in [2.45, 2.75) is 12.2 Å². The average Bonchev–Trinajstić information content (AvgIpc) is 2.10. The van der Waals surface area contributed by atoms with Crippen LogP contribution in [0.5, 0.6) is 0 Å². The first-order valence-corrected chi connectivity index (χ1v) is 3.38. The summed E-state index contributed by atoms with van der Waals surface area (Å²) in [5, 5.41) is 21.2. The van der Waals surface area contributed by atoms with Crippen LogP contribution in [0.25, 0.3) is 10.4 Å². The fourth-order valence-electron chi connectivity index (χ4n) is 0.537. The monoisotopic (exact) mass is 169 g/mol. The molecule has 0 amide bonds. The van der Waals surface area contributed by atoms with Crippen LogP contribution >= 0.6 is 0 Å². The second kappa shape index (κ2) is 6.42. The zero-order valence-corrected chi connectivity index (χ0v) is 6.54. The number of aliphatic hydroxyl groups is 2. The third-order valence-electron chi connectivity index (χ3n) is 1.17. The van der Waals surface area contributed by atoms with Crippen molar-refractivity contribution in [3.05, 3.63) is 35.2 Å². The summed E-state index contributed by atoms with van der Waals surface area (Å²) < 4.78 is 0. The summed E-state index contributed by atoms with van der Waals surface area (Å²) in [5.74, 6) is 0. The van der Waals surface area contributed by atoms with Crippen LogP contribution in [-0.4, -0.2) is 29.0 Å². The summed E-state index contributed by atoms with van der Waals surface area (Å²) >= 11 is 0. The van der Waals surface area contributed by atoms with E-state index < -0.39 is 12.2 Å². The molecule has 0 aromatic rings. The molecule has 0 aliphatic heterocycles. The van der Waals surface area contributed by atoms with Crippen molar-refractivity contribution in [3.63, 3.8) is 0 Å². The molecule has 2 atom stereocenters. The lowest BCUT2D eigenvalue weighted by atomic mass is 10.2. The molecule has 66 valence electrons. The Kier molecular flexibility index (Phi) is 5.73. The highest BCUT2D eigenvalue weighted by Gasteiger charge is 2.06. The largest absolute Gasteiger partial charge is 0.386 e. The Balaban J connectivity index is 3.81. The molecule has 5 heteroatoms. The summed E-state index contributed by atoms with van der Waals surface area (Å²) in [5.41, 5.74) is 7.88. The maximum absolute atomic E-state index is 9.07. The van der Waals surface area contributed by atoms with Gasteiger partial charge in [-0.25, -0.2) is 0 Å². The maximum Gasteiger partial charge on any atom is 0.102 e. The Morgan fingerprint density at radius 2 is 2.17 bits per heavy atom. The second-order valence-corrected chi connectivity index (χ2v) is 2.06. The molecule has 0 spiro atoms. The number of nitrogens with zero attached hydrogens (tertiary/aromatic N) is 3. The van der Waals surface area contributed by atoms with Gasteiger partial charge in [-0.2, -0.15) is 0 Å². The first-order chi connectivity index (χ1) is 5.72. The molecule has 0 saturated heterocycles. The van der Waals surface area contributed by atoms with Gasteiger partial charge in [0.2, 0.25) is 0 Å². The maximum atomic E-state index is 9.07. The van der Waals surface area contributed by atoms with Gasteiger partial charge in [0.05, 0.1) is 0 Å². The van der Waals surface area contributed by atoms with Crippen molar-refractivity contribution >= 4 is 0 Å². The normalized spacial score (nSPS) is 15.2. The molecule has 0 radical (unpaired) electrons. The van der Waals surface area contributed by atoms with Gasteiger partial charge in [0, 0.05) is 11.5 Å². The minimum Gasteiger partial charge on any atom is -0.386 e. The van der Waals surface area contributed by atoms with Crippen LogP contribution in [0.15, 0.2) is 29.9 Å². The highest BCUT2D eigenvalue weighted by atomic mass is 16.3. The van der Waals surface area contributed by atoms with Crippen LogP contribution in [0.3, 0.4) is 0 Å². The van der Waals surface area contributed by atoms with E-state index >= 15 is 0 Å². The van der Waals surface area contributed by atoms with Crippen molar-refractivity contribution < 1.29 is 10.2 Å². The molecule has 12 heavy (non-hydrogen) atoms. The van der Waals surface area contributed by atoms with Crippen molar-refractivity contribution in [2.75, 3.05) is 6.54 Å². The first kappa shape index (κ1) is 10.7. The fraction of sp³-hybridized carbons (Fsp3) is 0.429. The first-order valence-electron chi connectivity index (χ1n) is 3.38. The molecule has 0 aliphatic rings. The Hall–Kier alpha value is -1.29. The van der Waals surface area contributed by atoms with Gasteiger partial charge >= 0.3 is 0 Å². The SMILES string of the molecule is C=C[C@@H](O)[C@H](O)/C=C/CN=[N+]=[N-]. The van der Waals surface area contributed by atoms with Crippen molar-refractivity contribution in [3.8, 4) is 0 Å². The van der Waals surface area contributed by atoms with E-state index in [0.717, 1.165) is 0 Å². The topological polar surface area (TPSA) is 89.2 Å². The van der Waals surface area contributed by atoms with Gasteiger partial charge in [0.25, 0.3) is 0 Å². The van der Waals surface area contributed by atoms with Gasteiger partial charge in [-0.05, 0) is 5.53 Å². The van der Waals surface area contributed by atoms with Crippen molar-refractivity contribution in [2.24, 2.45) is 5.11 Å². The fourth-order valence-corrected chi connectivity index (χ4v) is 0.537. The van der Waals surface area contributed by atoms with E-state index in [1.54, 1.807) is 0 Å².